The Labute approximate surface area is 211 Å². The summed E-state index contributed by atoms with van der Waals surface area (Å²) >= 11 is 0. The van der Waals surface area contributed by atoms with Crippen LogP contribution in [-0.2, 0) is 6.54 Å². The van der Waals surface area contributed by atoms with Crippen LogP contribution in [-0.4, -0.2) is 35.7 Å². The van der Waals surface area contributed by atoms with Crippen molar-refractivity contribution in [2.24, 2.45) is 17.8 Å². The van der Waals surface area contributed by atoms with Crippen molar-refractivity contribution in [3.8, 4) is 11.6 Å². The lowest BCUT2D eigenvalue weighted by molar-refractivity contribution is 0.262. The van der Waals surface area contributed by atoms with Crippen LogP contribution in [0, 0.1) is 17.8 Å². The highest BCUT2D eigenvalue weighted by Gasteiger charge is 2.30. The molecule has 9 heteroatoms. The minimum absolute atomic E-state index is 0.247. The third kappa shape index (κ3) is 4.68. The molecule has 0 aromatic carbocycles. The minimum Gasteiger partial charge on any atom is -0.365 e. The highest BCUT2D eigenvalue weighted by atomic mass is 16.5. The molecule has 3 saturated carbocycles. The van der Waals surface area contributed by atoms with Gasteiger partial charge in [-0.3, -0.25) is 9.51 Å². The van der Waals surface area contributed by atoms with Crippen molar-refractivity contribution in [2.75, 3.05) is 5.32 Å². The SMILES string of the molecule is CC1CCC(Cn2c(C3CCCCC3)nc3nc(-c4noc(=O)[nH]4)nc(NC(C)C4CCC4)c32)CC1. The lowest BCUT2D eigenvalue weighted by atomic mass is 9.80. The zero-order valence-corrected chi connectivity index (χ0v) is 21.6. The van der Waals surface area contributed by atoms with Gasteiger partial charge < -0.3 is 9.88 Å². The van der Waals surface area contributed by atoms with Crippen LogP contribution in [0.5, 0.6) is 0 Å². The smallest absolute Gasteiger partial charge is 0.365 e. The predicted molar refractivity (Wildman–Crippen MR) is 139 cm³/mol. The Morgan fingerprint density at radius 2 is 1.78 bits per heavy atom. The number of H-pyrrole nitrogens is 1. The summed E-state index contributed by atoms with van der Waals surface area (Å²) in [6, 6.07) is 0.304. The van der Waals surface area contributed by atoms with E-state index in [1.54, 1.807) is 0 Å². The highest BCUT2D eigenvalue weighted by Crippen LogP contribution is 2.39. The van der Waals surface area contributed by atoms with Crippen molar-refractivity contribution >= 4 is 17.0 Å². The molecule has 9 nitrogen and oxygen atoms in total. The van der Waals surface area contributed by atoms with E-state index in [-0.39, 0.29) is 5.82 Å². The Hall–Kier alpha value is -2.71. The fraction of sp³-hybridized carbons (Fsp3) is 0.741. The van der Waals surface area contributed by atoms with Crippen LogP contribution in [0.3, 0.4) is 0 Å². The molecule has 0 spiro atoms. The molecule has 6 rings (SSSR count). The van der Waals surface area contributed by atoms with E-state index in [0.717, 1.165) is 23.8 Å². The molecule has 3 aliphatic rings. The number of imidazole rings is 1. The first-order chi connectivity index (χ1) is 17.5. The minimum atomic E-state index is -0.606. The Balaban J connectivity index is 1.46. The summed E-state index contributed by atoms with van der Waals surface area (Å²) in [7, 11) is 0. The largest absolute Gasteiger partial charge is 0.439 e. The molecule has 3 fully saturated rings. The summed E-state index contributed by atoms with van der Waals surface area (Å²) in [5.74, 6) is 4.56. The van der Waals surface area contributed by atoms with Gasteiger partial charge in [0.25, 0.3) is 0 Å². The van der Waals surface area contributed by atoms with Crippen LogP contribution in [0.25, 0.3) is 22.8 Å². The second-order valence-electron chi connectivity index (χ2n) is 11.7. The first kappa shape index (κ1) is 23.7. The van der Waals surface area contributed by atoms with Gasteiger partial charge in [-0.25, -0.2) is 19.7 Å². The quantitative estimate of drug-likeness (QED) is 0.437. The lowest BCUT2D eigenvalue weighted by Crippen LogP contribution is -2.31. The van der Waals surface area contributed by atoms with Gasteiger partial charge in [-0.2, -0.15) is 0 Å². The summed E-state index contributed by atoms with van der Waals surface area (Å²) in [5.41, 5.74) is 1.70. The highest BCUT2D eigenvalue weighted by molar-refractivity contribution is 5.85. The van der Waals surface area contributed by atoms with Gasteiger partial charge in [0.2, 0.25) is 11.6 Å². The first-order valence-corrected chi connectivity index (χ1v) is 14.2. The predicted octanol–water partition coefficient (Wildman–Crippen LogP) is 5.64. The maximum absolute atomic E-state index is 11.7. The van der Waals surface area contributed by atoms with Crippen LogP contribution < -0.4 is 11.1 Å². The topological polar surface area (TPSA) is 115 Å². The number of hydrogen-bond donors (Lipinski definition) is 2. The number of hydrogen-bond acceptors (Lipinski definition) is 7. The fourth-order valence-electron chi connectivity index (χ4n) is 6.49. The molecule has 0 bridgehead atoms. The molecule has 0 radical (unpaired) electrons. The van der Waals surface area contributed by atoms with E-state index < -0.39 is 5.76 Å². The van der Waals surface area contributed by atoms with E-state index in [0.29, 0.717) is 35.3 Å². The third-order valence-electron chi connectivity index (χ3n) is 9.05. The maximum atomic E-state index is 11.7. The first-order valence-electron chi connectivity index (χ1n) is 14.2. The molecule has 1 unspecified atom stereocenters. The Bertz CT molecular complexity index is 1240. The molecule has 1 atom stereocenters. The summed E-state index contributed by atoms with van der Waals surface area (Å²) < 4.78 is 7.23. The molecule has 3 heterocycles. The molecule has 3 aromatic rings. The Kier molecular flexibility index (Phi) is 6.56. The fourth-order valence-corrected chi connectivity index (χ4v) is 6.49. The van der Waals surface area contributed by atoms with Gasteiger partial charge in [0, 0.05) is 18.5 Å². The summed E-state index contributed by atoms with van der Waals surface area (Å²) in [6.45, 7) is 5.61. The molecular weight excluding hydrogens is 454 g/mol. The van der Waals surface area contributed by atoms with Crippen LogP contribution in [0.15, 0.2) is 9.32 Å². The molecular formula is C27H39N7O2. The van der Waals surface area contributed by atoms with E-state index >= 15 is 0 Å². The number of aromatic amines is 1. The number of nitrogens with zero attached hydrogens (tertiary/aromatic N) is 5. The van der Waals surface area contributed by atoms with Gasteiger partial charge in [-0.05, 0) is 63.2 Å². The molecule has 2 N–H and O–H groups in total. The van der Waals surface area contributed by atoms with Crippen LogP contribution in [0.4, 0.5) is 5.82 Å². The zero-order chi connectivity index (χ0) is 24.6. The lowest BCUT2D eigenvalue weighted by Gasteiger charge is -2.32. The standard InChI is InChI=1S/C27H39N7O2/c1-16-11-13-18(14-12-16)15-34-21-22(28-17(2)19-9-6-10-19)29-24(25-32-27(35)36-33-25)30-23(21)31-26(34)20-7-4-3-5-8-20/h16-20H,3-15H2,1-2H3,(H,28,29,30)(H,32,33,35). The molecule has 3 aliphatic carbocycles. The molecule has 36 heavy (non-hydrogen) atoms. The van der Waals surface area contributed by atoms with Crippen molar-refractivity contribution in [3.63, 3.8) is 0 Å². The Morgan fingerprint density at radius 1 is 1.00 bits per heavy atom. The van der Waals surface area contributed by atoms with Crippen LogP contribution in [0.2, 0.25) is 0 Å². The van der Waals surface area contributed by atoms with Gasteiger partial charge in [-0.1, -0.05) is 50.6 Å². The molecule has 0 amide bonds. The van der Waals surface area contributed by atoms with E-state index in [2.05, 4.69) is 33.9 Å². The van der Waals surface area contributed by atoms with Crippen molar-refractivity contribution in [1.82, 2.24) is 29.7 Å². The van der Waals surface area contributed by atoms with E-state index in [1.807, 2.05) is 0 Å². The van der Waals surface area contributed by atoms with Crippen LogP contribution in [0.1, 0.15) is 103 Å². The normalized spacial score (nSPS) is 24.6. The zero-order valence-electron chi connectivity index (χ0n) is 21.6. The van der Waals surface area contributed by atoms with Gasteiger partial charge in [0.1, 0.15) is 11.3 Å². The second-order valence-corrected chi connectivity index (χ2v) is 11.7. The monoisotopic (exact) mass is 493 g/mol. The molecule has 0 saturated heterocycles. The number of aromatic nitrogens is 6. The average molecular weight is 494 g/mol. The van der Waals surface area contributed by atoms with Crippen molar-refractivity contribution in [1.29, 1.82) is 0 Å². The summed E-state index contributed by atoms with van der Waals surface area (Å²) in [4.78, 5) is 29.2. The average Bonchev–Trinajstić information content (AvgIpc) is 3.44. The summed E-state index contributed by atoms with van der Waals surface area (Å²) in [6.07, 6.45) is 15.1. The van der Waals surface area contributed by atoms with Gasteiger partial charge >= 0.3 is 5.76 Å². The van der Waals surface area contributed by atoms with Crippen LogP contribution >= 0.6 is 0 Å². The number of nitrogens with one attached hydrogen (secondary N) is 2. The van der Waals surface area contributed by atoms with Gasteiger partial charge in [0.05, 0.1) is 0 Å². The van der Waals surface area contributed by atoms with Crippen molar-refractivity contribution in [2.45, 2.75) is 109 Å². The number of anilines is 1. The van der Waals surface area contributed by atoms with Gasteiger partial charge in [-0.15, -0.1) is 0 Å². The third-order valence-corrected chi connectivity index (χ3v) is 9.05. The Morgan fingerprint density at radius 3 is 2.44 bits per heavy atom. The molecule has 3 aromatic heterocycles. The number of fused-ring (bicyclic) bond motifs is 1. The van der Waals surface area contributed by atoms with E-state index in [4.69, 9.17) is 19.5 Å². The van der Waals surface area contributed by atoms with Gasteiger partial charge in [0.15, 0.2) is 11.5 Å². The maximum Gasteiger partial charge on any atom is 0.439 e. The van der Waals surface area contributed by atoms with E-state index in [9.17, 15) is 4.79 Å². The second kappa shape index (κ2) is 9.98. The molecule has 0 aliphatic heterocycles. The number of rotatable bonds is 7. The van der Waals surface area contributed by atoms with Crippen molar-refractivity contribution in [3.05, 3.63) is 16.4 Å². The van der Waals surface area contributed by atoms with Crippen molar-refractivity contribution < 1.29 is 4.52 Å². The van der Waals surface area contributed by atoms with E-state index in [1.165, 1.54) is 82.9 Å². The molecule has 194 valence electrons. The summed E-state index contributed by atoms with van der Waals surface area (Å²) in [5, 5.41) is 7.61.